The Balaban J connectivity index is 4.06. The molecule has 0 aliphatic heterocycles. The Kier molecular flexibility index (Phi) is 7.11. The highest BCUT2D eigenvalue weighted by molar-refractivity contribution is 5.88. The van der Waals surface area contributed by atoms with E-state index >= 15 is 0 Å². The highest BCUT2D eigenvalue weighted by atomic mass is 16.5. The predicted molar refractivity (Wildman–Crippen MR) is 57.8 cm³/mol. The number of ether oxygens (including phenoxy) is 1. The first kappa shape index (κ1) is 13.2. The molecule has 0 radical (unpaired) electrons. The summed E-state index contributed by atoms with van der Waals surface area (Å²) in [5.41, 5.74) is 5.82. The van der Waals surface area contributed by atoms with E-state index in [0.29, 0.717) is 12.1 Å². The number of hydrogen-bond acceptors (Lipinski definition) is 3. The van der Waals surface area contributed by atoms with E-state index in [2.05, 4.69) is 20.4 Å². The third-order valence-corrected chi connectivity index (χ3v) is 2.24. The lowest BCUT2D eigenvalue weighted by molar-refractivity contribution is -0.139. The van der Waals surface area contributed by atoms with Gasteiger partial charge >= 0.3 is 5.97 Å². The minimum atomic E-state index is -0.296. The van der Waals surface area contributed by atoms with Gasteiger partial charge in [-0.25, -0.2) is 4.79 Å². The molecule has 0 spiro atoms. The Morgan fingerprint density at radius 1 is 1.50 bits per heavy atom. The molecule has 1 atom stereocenters. The number of nitrogens with two attached hydrogens (primary N) is 1. The van der Waals surface area contributed by atoms with E-state index in [1.807, 2.05) is 0 Å². The maximum atomic E-state index is 11.4. The van der Waals surface area contributed by atoms with Gasteiger partial charge in [-0.15, -0.1) is 0 Å². The molecular formula is C11H21NO2. The Hall–Kier alpha value is -0.830. The Morgan fingerprint density at radius 2 is 2.14 bits per heavy atom. The van der Waals surface area contributed by atoms with Crippen molar-refractivity contribution in [2.75, 3.05) is 13.2 Å². The van der Waals surface area contributed by atoms with Gasteiger partial charge in [-0.05, 0) is 18.8 Å². The molecule has 0 aromatic rings. The van der Waals surface area contributed by atoms with Gasteiger partial charge < -0.3 is 10.5 Å². The molecule has 1 unspecified atom stereocenters. The average molecular weight is 199 g/mol. The summed E-state index contributed by atoms with van der Waals surface area (Å²) in [5.74, 6) is -0.0407. The van der Waals surface area contributed by atoms with Crippen LogP contribution in [0, 0.1) is 5.92 Å². The van der Waals surface area contributed by atoms with Crippen LogP contribution in [0.3, 0.4) is 0 Å². The molecule has 0 aromatic heterocycles. The molecule has 14 heavy (non-hydrogen) atoms. The van der Waals surface area contributed by atoms with E-state index in [4.69, 9.17) is 10.5 Å². The zero-order valence-electron chi connectivity index (χ0n) is 9.21. The predicted octanol–water partition coefficient (Wildman–Crippen LogP) is 1.87. The molecule has 0 saturated heterocycles. The standard InChI is InChI=1S/C11H21NO2/c1-4-6-10(5-2)9(3)11(13)14-8-7-12/h10H,3-8,12H2,1-2H3. The van der Waals surface area contributed by atoms with Crippen molar-refractivity contribution in [3.05, 3.63) is 12.2 Å². The van der Waals surface area contributed by atoms with Gasteiger partial charge in [0.25, 0.3) is 0 Å². The van der Waals surface area contributed by atoms with Gasteiger partial charge in [0.15, 0.2) is 0 Å². The zero-order valence-corrected chi connectivity index (χ0v) is 9.21. The highest BCUT2D eigenvalue weighted by Crippen LogP contribution is 2.20. The van der Waals surface area contributed by atoms with Crippen LogP contribution < -0.4 is 5.73 Å². The van der Waals surface area contributed by atoms with Gasteiger partial charge in [0.2, 0.25) is 0 Å². The fourth-order valence-electron chi connectivity index (χ4n) is 1.38. The Bertz CT molecular complexity index is 190. The molecule has 3 heteroatoms. The monoisotopic (exact) mass is 199 g/mol. The second-order valence-corrected chi connectivity index (χ2v) is 3.34. The lowest BCUT2D eigenvalue weighted by Gasteiger charge is -2.15. The Morgan fingerprint density at radius 3 is 2.57 bits per heavy atom. The van der Waals surface area contributed by atoms with Crippen molar-refractivity contribution in [2.24, 2.45) is 11.7 Å². The normalized spacial score (nSPS) is 12.2. The number of carbonyl (C=O) groups is 1. The molecule has 0 saturated carbocycles. The molecule has 0 fully saturated rings. The quantitative estimate of drug-likeness (QED) is 0.503. The molecule has 3 nitrogen and oxygen atoms in total. The van der Waals surface area contributed by atoms with Crippen LogP contribution in [0.2, 0.25) is 0 Å². The van der Waals surface area contributed by atoms with E-state index in [1.165, 1.54) is 0 Å². The third kappa shape index (κ3) is 4.42. The minimum Gasteiger partial charge on any atom is -0.461 e. The number of hydrogen-bond donors (Lipinski definition) is 1. The van der Waals surface area contributed by atoms with E-state index in [0.717, 1.165) is 19.3 Å². The molecule has 82 valence electrons. The van der Waals surface area contributed by atoms with Crippen molar-refractivity contribution >= 4 is 5.97 Å². The first-order valence-corrected chi connectivity index (χ1v) is 5.23. The lowest BCUT2D eigenvalue weighted by Crippen LogP contribution is -2.18. The maximum Gasteiger partial charge on any atom is 0.333 e. The van der Waals surface area contributed by atoms with Crippen molar-refractivity contribution in [3.63, 3.8) is 0 Å². The lowest BCUT2D eigenvalue weighted by atomic mass is 9.93. The molecule has 0 heterocycles. The van der Waals surface area contributed by atoms with Crippen LogP contribution in [0.15, 0.2) is 12.2 Å². The third-order valence-electron chi connectivity index (χ3n) is 2.24. The van der Waals surface area contributed by atoms with Crippen LogP contribution in [0.1, 0.15) is 33.1 Å². The van der Waals surface area contributed by atoms with Gasteiger partial charge in [-0.2, -0.15) is 0 Å². The summed E-state index contributed by atoms with van der Waals surface area (Å²) in [6, 6.07) is 0. The summed E-state index contributed by atoms with van der Waals surface area (Å²) in [4.78, 5) is 11.4. The van der Waals surface area contributed by atoms with Crippen molar-refractivity contribution in [3.8, 4) is 0 Å². The number of esters is 1. The van der Waals surface area contributed by atoms with Crippen molar-refractivity contribution in [1.29, 1.82) is 0 Å². The van der Waals surface area contributed by atoms with Crippen molar-refractivity contribution in [2.45, 2.75) is 33.1 Å². The first-order chi connectivity index (χ1) is 6.67. The molecule has 2 N–H and O–H groups in total. The van der Waals surface area contributed by atoms with E-state index < -0.39 is 0 Å². The second kappa shape index (κ2) is 7.56. The van der Waals surface area contributed by atoms with Gasteiger partial charge in [0.05, 0.1) is 0 Å². The molecule has 0 aliphatic carbocycles. The van der Waals surface area contributed by atoms with Crippen LogP contribution in [0.4, 0.5) is 0 Å². The second-order valence-electron chi connectivity index (χ2n) is 3.34. The van der Waals surface area contributed by atoms with E-state index in [1.54, 1.807) is 0 Å². The van der Waals surface area contributed by atoms with Crippen molar-refractivity contribution < 1.29 is 9.53 Å². The van der Waals surface area contributed by atoms with Crippen LogP contribution in [0.25, 0.3) is 0 Å². The Labute approximate surface area is 86.3 Å². The summed E-state index contributed by atoms with van der Waals surface area (Å²) in [5, 5.41) is 0. The fourth-order valence-corrected chi connectivity index (χ4v) is 1.38. The summed E-state index contributed by atoms with van der Waals surface area (Å²) < 4.78 is 4.92. The van der Waals surface area contributed by atoms with E-state index in [9.17, 15) is 4.79 Å². The largest absolute Gasteiger partial charge is 0.461 e. The van der Waals surface area contributed by atoms with Gasteiger partial charge in [-0.3, -0.25) is 0 Å². The summed E-state index contributed by atoms with van der Waals surface area (Å²) in [7, 11) is 0. The molecule has 0 aliphatic rings. The zero-order chi connectivity index (χ0) is 11.0. The molecule has 0 amide bonds. The fraction of sp³-hybridized carbons (Fsp3) is 0.727. The van der Waals surface area contributed by atoms with Gasteiger partial charge in [0, 0.05) is 12.1 Å². The van der Waals surface area contributed by atoms with Crippen molar-refractivity contribution in [1.82, 2.24) is 0 Å². The SMILES string of the molecule is C=C(C(=O)OCCN)C(CC)CCC. The minimum absolute atomic E-state index is 0.255. The summed E-state index contributed by atoms with van der Waals surface area (Å²) in [6.45, 7) is 8.58. The smallest absolute Gasteiger partial charge is 0.333 e. The van der Waals surface area contributed by atoms with Crippen LogP contribution >= 0.6 is 0 Å². The van der Waals surface area contributed by atoms with Gasteiger partial charge in [-0.1, -0.05) is 26.8 Å². The van der Waals surface area contributed by atoms with Crippen LogP contribution in [-0.4, -0.2) is 19.1 Å². The average Bonchev–Trinajstić information content (AvgIpc) is 2.21. The van der Waals surface area contributed by atoms with Crippen LogP contribution in [-0.2, 0) is 9.53 Å². The summed E-state index contributed by atoms with van der Waals surface area (Å²) in [6.07, 6.45) is 2.99. The number of carbonyl (C=O) groups excluding carboxylic acids is 1. The molecular weight excluding hydrogens is 178 g/mol. The molecule has 0 bridgehead atoms. The summed E-state index contributed by atoms with van der Waals surface area (Å²) >= 11 is 0. The highest BCUT2D eigenvalue weighted by Gasteiger charge is 2.17. The number of rotatable bonds is 7. The van der Waals surface area contributed by atoms with Gasteiger partial charge in [0.1, 0.15) is 6.61 Å². The molecule has 0 aromatic carbocycles. The maximum absolute atomic E-state index is 11.4. The first-order valence-electron chi connectivity index (χ1n) is 5.23. The van der Waals surface area contributed by atoms with E-state index in [-0.39, 0.29) is 18.5 Å². The molecule has 0 rings (SSSR count). The topological polar surface area (TPSA) is 52.3 Å². The van der Waals surface area contributed by atoms with Crippen LogP contribution in [0.5, 0.6) is 0 Å².